The largest absolute Gasteiger partial charge is 0.506 e. The molecule has 2 heterocycles. The van der Waals surface area contributed by atoms with E-state index in [1.54, 1.807) is 37.3 Å². The molecule has 0 bridgehead atoms. The van der Waals surface area contributed by atoms with Gasteiger partial charge in [0.15, 0.2) is 11.5 Å². The quantitative estimate of drug-likeness (QED) is 0.421. The molecule has 35 heavy (non-hydrogen) atoms. The third-order valence-corrected chi connectivity index (χ3v) is 5.54. The maximum absolute atomic E-state index is 13.1. The van der Waals surface area contributed by atoms with Crippen molar-refractivity contribution in [3.05, 3.63) is 87.1 Å². The Labute approximate surface area is 199 Å². The molecule has 2 aromatic carbocycles. The third kappa shape index (κ3) is 5.26. The van der Waals surface area contributed by atoms with Gasteiger partial charge in [0.2, 0.25) is 12.7 Å². The molecule has 0 saturated heterocycles. The lowest BCUT2D eigenvalue weighted by Gasteiger charge is -2.19. The fraction of sp³-hybridized carbons (Fsp3) is 0.240. The number of esters is 1. The molecule has 0 fully saturated rings. The van der Waals surface area contributed by atoms with Gasteiger partial charge in [-0.3, -0.25) is 9.59 Å². The number of carbonyl (C=O) groups is 2. The summed E-state index contributed by atoms with van der Waals surface area (Å²) >= 11 is 0. The molecule has 0 saturated carbocycles. The van der Waals surface area contributed by atoms with Crippen LogP contribution in [0.1, 0.15) is 46.3 Å². The van der Waals surface area contributed by atoms with E-state index in [2.05, 4.69) is 10.3 Å². The molecule has 9 nitrogen and oxygen atoms in total. The number of carbonyl (C=O) groups excluding carboxylic acids is 2. The molecule has 1 aliphatic heterocycles. The summed E-state index contributed by atoms with van der Waals surface area (Å²) in [5.41, 5.74) is 0.132. The molecule has 3 aromatic rings. The average molecular weight is 482 g/mol. The molecule has 1 aliphatic rings. The van der Waals surface area contributed by atoms with Crippen molar-refractivity contribution in [3.8, 4) is 17.2 Å². The van der Waals surface area contributed by atoms with Crippen LogP contribution in [0.25, 0.3) is 0 Å². The first-order valence-electron chi connectivity index (χ1n) is 10.9. The first-order chi connectivity index (χ1) is 16.9. The summed E-state index contributed by atoms with van der Waals surface area (Å²) in [4.78, 5) is 40.5. The van der Waals surface area contributed by atoms with Crippen LogP contribution in [0.2, 0.25) is 0 Å². The van der Waals surface area contributed by atoms with E-state index < -0.39 is 29.1 Å². The van der Waals surface area contributed by atoms with Crippen LogP contribution in [0.4, 0.5) is 4.39 Å². The van der Waals surface area contributed by atoms with Crippen LogP contribution in [0.3, 0.4) is 0 Å². The van der Waals surface area contributed by atoms with Crippen LogP contribution in [0, 0.1) is 5.82 Å². The van der Waals surface area contributed by atoms with Gasteiger partial charge in [0, 0.05) is 25.1 Å². The summed E-state index contributed by atoms with van der Waals surface area (Å²) < 4.78 is 28.9. The number of fused-ring (bicyclic) bond motifs is 1. The molecular formula is C25H23FN2O7. The lowest BCUT2D eigenvalue weighted by molar-refractivity contribution is -0.121. The zero-order valence-corrected chi connectivity index (χ0v) is 18.8. The Hall–Kier alpha value is -4.34. The number of aromatic hydroxyl groups is 1. The number of hydrogen-bond donors (Lipinski definition) is 3. The second kappa shape index (κ2) is 10.3. The van der Waals surface area contributed by atoms with Gasteiger partial charge in [-0.1, -0.05) is 18.2 Å². The van der Waals surface area contributed by atoms with Gasteiger partial charge in [0.25, 0.3) is 5.56 Å². The van der Waals surface area contributed by atoms with E-state index in [0.29, 0.717) is 22.6 Å². The zero-order chi connectivity index (χ0) is 24.9. The highest BCUT2D eigenvalue weighted by Crippen LogP contribution is 2.39. The van der Waals surface area contributed by atoms with Crippen LogP contribution in [-0.2, 0) is 16.1 Å². The molecule has 0 aliphatic carbocycles. The van der Waals surface area contributed by atoms with Gasteiger partial charge >= 0.3 is 5.97 Å². The summed E-state index contributed by atoms with van der Waals surface area (Å²) in [5, 5.41) is 13.6. The van der Waals surface area contributed by atoms with Crippen molar-refractivity contribution >= 4 is 11.9 Å². The van der Waals surface area contributed by atoms with Gasteiger partial charge in [-0.05, 0) is 42.3 Å². The van der Waals surface area contributed by atoms with E-state index in [0.717, 1.165) is 6.20 Å². The van der Waals surface area contributed by atoms with E-state index in [-0.39, 0.29) is 43.3 Å². The van der Waals surface area contributed by atoms with Gasteiger partial charge < -0.3 is 29.6 Å². The number of halogens is 1. The molecule has 0 unspecified atom stereocenters. The number of nitrogens with one attached hydrogen (secondary N) is 2. The molecule has 182 valence electrons. The molecule has 3 N–H and O–H groups in total. The van der Waals surface area contributed by atoms with Crippen molar-refractivity contribution in [1.29, 1.82) is 0 Å². The number of hydrogen-bond acceptors (Lipinski definition) is 7. The van der Waals surface area contributed by atoms with Gasteiger partial charge in [0.1, 0.15) is 17.1 Å². The van der Waals surface area contributed by atoms with Crippen LogP contribution in [0.15, 0.2) is 53.5 Å². The Balaban J connectivity index is 1.68. The summed E-state index contributed by atoms with van der Waals surface area (Å²) in [6.07, 6.45) is 0.841. The topological polar surface area (TPSA) is 127 Å². The number of rotatable bonds is 8. The molecule has 1 amide bonds. The van der Waals surface area contributed by atoms with Crippen molar-refractivity contribution < 1.29 is 33.3 Å². The van der Waals surface area contributed by atoms with Gasteiger partial charge in [0.05, 0.1) is 12.2 Å². The van der Waals surface area contributed by atoms with Crippen molar-refractivity contribution in [2.75, 3.05) is 13.4 Å². The predicted octanol–water partition coefficient (Wildman–Crippen LogP) is 2.96. The maximum Gasteiger partial charge on any atom is 0.343 e. The molecular weight excluding hydrogens is 459 g/mol. The van der Waals surface area contributed by atoms with Gasteiger partial charge in [-0.2, -0.15) is 0 Å². The summed E-state index contributed by atoms with van der Waals surface area (Å²) in [6.45, 7) is 1.86. The molecule has 4 rings (SSSR count). The van der Waals surface area contributed by atoms with Crippen LogP contribution >= 0.6 is 0 Å². The number of benzene rings is 2. The van der Waals surface area contributed by atoms with Gasteiger partial charge in [-0.25, -0.2) is 9.18 Å². The van der Waals surface area contributed by atoms with E-state index in [1.165, 1.54) is 12.1 Å². The third-order valence-electron chi connectivity index (χ3n) is 5.54. The molecule has 10 heteroatoms. The molecule has 1 aromatic heterocycles. The number of H-pyrrole nitrogens is 1. The number of aromatic nitrogens is 1. The SMILES string of the molecule is CCOC(=O)c1c[nH]c(=O)c([C@H](CC(=O)NCc2ccc(F)cc2)c2ccc3c(c2)OCO3)c1O. The fourth-order valence-corrected chi connectivity index (χ4v) is 3.80. The monoisotopic (exact) mass is 482 g/mol. The molecule has 0 radical (unpaired) electrons. The van der Waals surface area contributed by atoms with Gasteiger partial charge in [-0.15, -0.1) is 0 Å². The lowest BCUT2D eigenvalue weighted by atomic mass is 9.87. The minimum Gasteiger partial charge on any atom is -0.506 e. The second-order valence-corrected chi connectivity index (χ2v) is 7.79. The van der Waals surface area contributed by atoms with Crippen LogP contribution in [-0.4, -0.2) is 35.4 Å². The Morgan fingerprint density at radius 2 is 1.91 bits per heavy atom. The Bertz CT molecular complexity index is 1300. The first-order valence-corrected chi connectivity index (χ1v) is 10.9. The number of aromatic amines is 1. The smallest absolute Gasteiger partial charge is 0.343 e. The lowest BCUT2D eigenvalue weighted by Crippen LogP contribution is -2.27. The average Bonchev–Trinajstić information content (AvgIpc) is 3.31. The van der Waals surface area contributed by atoms with Crippen LogP contribution < -0.4 is 20.3 Å². The number of ether oxygens (including phenoxy) is 3. The van der Waals surface area contributed by atoms with Crippen molar-refractivity contribution in [3.63, 3.8) is 0 Å². The highest BCUT2D eigenvalue weighted by Gasteiger charge is 2.29. The van der Waals surface area contributed by atoms with Crippen molar-refractivity contribution in [1.82, 2.24) is 10.3 Å². The Morgan fingerprint density at radius 3 is 2.66 bits per heavy atom. The van der Waals surface area contributed by atoms with E-state index >= 15 is 0 Å². The summed E-state index contributed by atoms with van der Waals surface area (Å²) in [6, 6.07) is 10.6. The predicted molar refractivity (Wildman–Crippen MR) is 122 cm³/mol. The fourth-order valence-electron chi connectivity index (χ4n) is 3.80. The van der Waals surface area contributed by atoms with Crippen molar-refractivity contribution in [2.45, 2.75) is 25.8 Å². The van der Waals surface area contributed by atoms with E-state index in [9.17, 15) is 23.9 Å². The minimum absolute atomic E-state index is 0.0335. The normalized spacial score (nSPS) is 12.7. The molecule has 0 spiro atoms. The summed E-state index contributed by atoms with van der Waals surface area (Å²) in [5.74, 6) is -2.20. The number of amides is 1. The Morgan fingerprint density at radius 1 is 1.17 bits per heavy atom. The second-order valence-electron chi connectivity index (χ2n) is 7.79. The summed E-state index contributed by atoms with van der Waals surface area (Å²) in [7, 11) is 0. The van der Waals surface area contributed by atoms with Crippen molar-refractivity contribution in [2.24, 2.45) is 0 Å². The standard InChI is InChI=1S/C25H23FN2O7/c1-2-33-25(32)18-12-28-24(31)22(23(18)30)17(15-5-8-19-20(9-15)35-13-34-19)10-21(29)27-11-14-3-6-16(26)7-4-14/h3-9,12,17H,2,10-11,13H2,1H3,(H,27,29)(H2,28,30,31)/t17-/m1/s1. The highest BCUT2D eigenvalue weighted by molar-refractivity contribution is 5.92. The Kier molecular flexibility index (Phi) is 7.00. The van der Waals surface area contributed by atoms with Crippen LogP contribution in [0.5, 0.6) is 17.2 Å². The number of pyridine rings is 1. The first kappa shape index (κ1) is 23.8. The highest BCUT2D eigenvalue weighted by atomic mass is 19.1. The molecule has 1 atom stereocenters. The maximum atomic E-state index is 13.1. The minimum atomic E-state index is -0.934. The van der Waals surface area contributed by atoms with E-state index in [1.807, 2.05) is 0 Å². The zero-order valence-electron chi connectivity index (χ0n) is 18.8. The van der Waals surface area contributed by atoms with E-state index in [4.69, 9.17) is 14.2 Å².